The molecular formula is C11H22N4O2S. The van der Waals surface area contributed by atoms with Gasteiger partial charge in [-0.1, -0.05) is 20.3 Å². The van der Waals surface area contributed by atoms with Crippen LogP contribution < -0.4 is 10.0 Å². The van der Waals surface area contributed by atoms with Crippen molar-refractivity contribution >= 4 is 10.0 Å². The third-order valence-electron chi connectivity index (χ3n) is 3.15. The van der Waals surface area contributed by atoms with Crippen molar-refractivity contribution in [3.63, 3.8) is 0 Å². The summed E-state index contributed by atoms with van der Waals surface area (Å²) in [5, 5.41) is 9.41. The van der Waals surface area contributed by atoms with E-state index in [2.05, 4.69) is 20.2 Å². The topological polar surface area (TPSA) is 86.9 Å². The van der Waals surface area contributed by atoms with Crippen LogP contribution in [-0.4, -0.2) is 31.7 Å². The van der Waals surface area contributed by atoms with Crippen molar-refractivity contribution in [2.24, 2.45) is 5.92 Å². The molecule has 0 bridgehead atoms. The average Bonchev–Trinajstić information content (AvgIpc) is 2.77. The standard InChI is InChI=1S/C11H22N4O2S/c1-5-8(2)9(3)15-18(16,17)11-10(6-12-4)7-13-14-11/h7-9,12,15H,5-6H2,1-4H3,(H,13,14). The highest BCUT2D eigenvalue weighted by molar-refractivity contribution is 7.89. The molecule has 7 heteroatoms. The molecule has 3 N–H and O–H groups in total. The maximum atomic E-state index is 12.2. The van der Waals surface area contributed by atoms with Crippen LogP contribution in [0.3, 0.4) is 0 Å². The van der Waals surface area contributed by atoms with Crippen LogP contribution in [0.4, 0.5) is 0 Å². The van der Waals surface area contributed by atoms with E-state index in [0.29, 0.717) is 12.1 Å². The molecule has 1 aromatic rings. The Morgan fingerprint density at radius 2 is 2.11 bits per heavy atom. The van der Waals surface area contributed by atoms with E-state index in [1.165, 1.54) is 6.20 Å². The molecule has 6 nitrogen and oxygen atoms in total. The summed E-state index contributed by atoms with van der Waals surface area (Å²) in [5.41, 5.74) is 0.640. The van der Waals surface area contributed by atoms with E-state index < -0.39 is 10.0 Å². The number of H-pyrrole nitrogens is 1. The highest BCUT2D eigenvalue weighted by Gasteiger charge is 2.24. The van der Waals surface area contributed by atoms with Crippen LogP contribution >= 0.6 is 0 Å². The van der Waals surface area contributed by atoms with E-state index in [1.54, 1.807) is 7.05 Å². The number of aromatic nitrogens is 2. The molecule has 1 aromatic heterocycles. The predicted octanol–water partition coefficient (Wildman–Crippen LogP) is 0.842. The zero-order chi connectivity index (χ0) is 13.8. The lowest BCUT2D eigenvalue weighted by Gasteiger charge is -2.19. The molecule has 104 valence electrons. The number of sulfonamides is 1. The minimum absolute atomic E-state index is 0.106. The van der Waals surface area contributed by atoms with Crippen molar-refractivity contribution in [3.05, 3.63) is 11.8 Å². The summed E-state index contributed by atoms with van der Waals surface area (Å²) in [4.78, 5) is 0. The number of hydrogen-bond acceptors (Lipinski definition) is 4. The minimum atomic E-state index is -3.53. The molecule has 0 saturated heterocycles. The predicted molar refractivity (Wildman–Crippen MR) is 70.6 cm³/mol. The smallest absolute Gasteiger partial charge is 0.258 e. The van der Waals surface area contributed by atoms with Gasteiger partial charge in [0.25, 0.3) is 10.0 Å². The largest absolute Gasteiger partial charge is 0.316 e. The van der Waals surface area contributed by atoms with Crippen molar-refractivity contribution in [1.29, 1.82) is 0 Å². The maximum Gasteiger partial charge on any atom is 0.258 e. The Labute approximate surface area is 109 Å². The van der Waals surface area contributed by atoms with Crippen molar-refractivity contribution < 1.29 is 8.42 Å². The number of nitrogens with one attached hydrogen (secondary N) is 3. The fourth-order valence-corrected chi connectivity index (χ4v) is 3.10. The van der Waals surface area contributed by atoms with Gasteiger partial charge in [0.2, 0.25) is 0 Å². The monoisotopic (exact) mass is 274 g/mol. The first-order valence-corrected chi connectivity index (χ1v) is 7.59. The molecule has 1 heterocycles. The molecule has 0 fully saturated rings. The number of hydrogen-bond donors (Lipinski definition) is 3. The molecule has 0 amide bonds. The summed E-state index contributed by atoms with van der Waals surface area (Å²) in [6, 6.07) is -0.106. The van der Waals surface area contributed by atoms with Gasteiger partial charge in [-0.3, -0.25) is 5.10 Å². The molecule has 2 atom stereocenters. The summed E-state index contributed by atoms with van der Waals surface area (Å²) in [6.07, 6.45) is 2.45. The van der Waals surface area contributed by atoms with Crippen LogP contribution in [0.1, 0.15) is 32.8 Å². The SMILES string of the molecule is CCC(C)C(C)NS(=O)(=O)c1[nH]ncc1CNC. The molecular weight excluding hydrogens is 252 g/mol. The summed E-state index contributed by atoms with van der Waals surface area (Å²) in [6.45, 7) is 6.40. The molecule has 0 aromatic carbocycles. The van der Waals surface area contributed by atoms with Crippen LogP contribution in [0.2, 0.25) is 0 Å². The Bertz CT molecular complexity index is 469. The Morgan fingerprint density at radius 1 is 1.44 bits per heavy atom. The van der Waals surface area contributed by atoms with Gasteiger partial charge in [-0.2, -0.15) is 5.10 Å². The lowest BCUT2D eigenvalue weighted by molar-refractivity contribution is 0.433. The van der Waals surface area contributed by atoms with Gasteiger partial charge < -0.3 is 5.32 Å². The first-order valence-electron chi connectivity index (χ1n) is 6.11. The van der Waals surface area contributed by atoms with Crippen LogP contribution in [-0.2, 0) is 16.6 Å². The third-order valence-corrected chi connectivity index (χ3v) is 4.73. The van der Waals surface area contributed by atoms with Crippen LogP contribution in [0.5, 0.6) is 0 Å². The van der Waals surface area contributed by atoms with Gasteiger partial charge in [-0.25, -0.2) is 13.1 Å². The van der Waals surface area contributed by atoms with E-state index >= 15 is 0 Å². The van der Waals surface area contributed by atoms with Gasteiger partial charge >= 0.3 is 0 Å². The lowest BCUT2D eigenvalue weighted by Crippen LogP contribution is -2.37. The molecule has 18 heavy (non-hydrogen) atoms. The van der Waals surface area contributed by atoms with E-state index in [0.717, 1.165) is 6.42 Å². The van der Waals surface area contributed by atoms with E-state index in [1.807, 2.05) is 20.8 Å². The normalized spacial score (nSPS) is 15.6. The number of nitrogens with zero attached hydrogens (tertiary/aromatic N) is 1. The lowest BCUT2D eigenvalue weighted by atomic mass is 10.0. The van der Waals surface area contributed by atoms with E-state index in [4.69, 9.17) is 0 Å². The number of aromatic amines is 1. The summed E-state index contributed by atoms with van der Waals surface area (Å²) in [5.74, 6) is 0.287. The van der Waals surface area contributed by atoms with Gasteiger partial charge in [-0.15, -0.1) is 0 Å². The first-order chi connectivity index (χ1) is 8.42. The summed E-state index contributed by atoms with van der Waals surface area (Å²) < 4.78 is 27.1. The first kappa shape index (κ1) is 15.1. The fourth-order valence-electron chi connectivity index (χ4n) is 1.62. The van der Waals surface area contributed by atoms with Crippen LogP contribution in [0, 0.1) is 5.92 Å². The molecule has 0 saturated carbocycles. The van der Waals surface area contributed by atoms with Gasteiger partial charge in [-0.05, 0) is 19.9 Å². The van der Waals surface area contributed by atoms with E-state index in [-0.39, 0.29) is 17.0 Å². The summed E-state index contributed by atoms with van der Waals surface area (Å²) in [7, 11) is -1.77. The zero-order valence-electron chi connectivity index (χ0n) is 11.3. The molecule has 1 rings (SSSR count). The molecule has 0 aliphatic carbocycles. The second kappa shape index (κ2) is 6.31. The van der Waals surface area contributed by atoms with Crippen molar-refractivity contribution in [1.82, 2.24) is 20.2 Å². The average molecular weight is 274 g/mol. The van der Waals surface area contributed by atoms with Gasteiger partial charge in [0.05, 0.1) is 6.20 Å². The Morgan fingerprint density at radius 3 is 2.67 bits per heavy atom. The molecule has 0 radical (unpaired) electrons. The van der Waals surface area contributed by atoms with Crippen LogP contribution in [0.15, 0.2) is 11.2 Å². The second-order valence-corrected chi connectivity index (χ2v) is 6.20. The Hall–Kier alpha value is -0.920. The molecule has 2 unspecified atom stereocenters. The van der Waals surface area contributed by atoms with Crippen molar-refractivity contribution in [2.75, 3.05) is 7.05 Å². The minimum Gasteiger partial charge on any atom is -0.316 e. The highest BCUT2D eigenvalue weighted by atomic mass is 32.2. The van der Waals surface area contributed by atoms with Gasteiger partial charge in [0.1, 0.15) is 0 Å². The van der Waals surface area contributed by atoms with Crippen molar-refractivity contribution in [3.8, 4) is 0 Å². The zero-order valence-corrected chi connectivity index (χ0v) is 12.1. The molecule has 0 spiro atoms. The molecule has 0 aliphatic heterocycles. The highest BCUT2D eigenvalue weighted by Crippen LogP contribution is 2.14. The van der Waals surface area contributed by atoms with Crippen molar-refractivity contribution in [2.45, 2.75) is 44.8 Å². The Kier molecular flexibility index (Phi) is 5.30. The quantitative estimate of drug-likeness (QED) is 0.687. The second-order valence-electron chi connectivity index (χ2n) is 4.55. The molecule has 0 aliphatic rings. The number of rotatable bonds is 7. The fraction of sp³-hybridized carbons (Fsp3) is 0.727. The third kappa shape index (κ3) is 3.54. The van der Waals surface area contributed by atoms with E-state index in [9.17, 15) is 8.42 Å². The maximum absolute atomic E-state index is 12.2. The summed E-state index contributed by atoms with van der Waals surface area (Å²) >= 11 is 0. The van der Waals surface area contributed by atoms with Gasteiger partial charge in [0, 0.05) is 18.2 Å². The Balaban J connectivity index is 2.89. The van der Waals surface area contributed by atoms with Crippen LogP contribution in [0.25, 0.3) is 0 Å². The van der Waals surface area contributed by atoms with Gasteiger partial charge in [0.15, 0.2) is 5.03 Å².